The summed E-state index contributed by atoms with van der Waals surface area (Å²) in [5.41, 5.74) is 3.12. The molecule has 1 aliphatic rings. The molecule has 52 valence electrons. The Morgan fingerprint density at radius 3 is 2.80 bits per heavy atom. The van der Waals surface area contributed by atoms with E-state index < -0.39 is 0 Å². The van der Waals surface area contributed by atoms with Crippen LogP contribution in [-0.4, -0.2) is 0 Å². The SMILES string of the molecule is C1=CCC=CC=CCCC=1. The van der Waals surface area contributed by atoms with Crippen molar-refractivity contribution in [3.63, 3.8) is 0 Å². The van der Waals surface area contributed by atoms with Gasteiger partial charge >= 0.3 is 0 Å². The van der Waals surface area contributed by atoms with Gasteiger partial charge in [-0.05, 0) is 31.4 Å². The van der Waals surface area contributed by atoms with Gasteiger partial charge in [-0.15, -0.1) is 5.73 Å². The van der Waals surface area contributed by atoms with E-state index in [0.29, 0.717) is 0 Å². The van der Waals surface area contributed by atoms with Gasteiger partial charge in [0.05, 0.1) is 0 Å². The van der Waals surface area contributed by atoms with E-state index in [9.17, 15) is 0 Å². The Kier molecular flexibility index (Phi) is 3.44. The van der Waals surface area contributed by atoms with Crippen LogP contribution in [0.4, 0.5) is 0 Å². The summed E-state index contributed by atoms with van der Waals surface area (Å²) in [5.74, 6) is 0. The van der Waals surface area contributed by atoms with Gasteiger partial charge in [-0.1, -0.05) is 24.3 Å². The molecule has 0 heterocycles. The van der Waals surface area contributed by atoms with Gasteiger partial charge in [-0.3, -0.25) is 0 Å². The Morgan fingerprint density at radius 2 is 1.80 bits per heavy atom. The van der Waals surface area contributed by atoms with Crippen molar-refractivity contribution < 1.29 is 0 Å². The van der Waals surface area contributed by atoms with Gasteiger partial charge in [0.15, 0.2) is 0 Å². The molecular weight excluding hydrogens is 120 g/mol. The first-order valence-electron chi connectivity index (χ1n) is 3.71. The van der Waals surface area contributed by atoms with Crippen LogP contribution < -0.4 is 0 Å². The zero-order chi connectivity index (χ0) is 7.07. The fourth-order valence-electron chi connectivity index (χ4n) is 0.814. The molecule has 0 aromatic heterocycles. The van der Waals surface area contributed by atoms with Gasteiger partial charge in [0.2, 0.25) is 0 Å². The highest BCUT2D eigenvalue weighted by molar-refractivity contribution is 5.06. The number of allylic oxidation sites excluding steroid dienone is 5. The van der Waals surface area contributed by atoms with Crippen LogP contribution in [0.1, 0.15) is 19.3 Å². The molecule has 0 saturated heterocycles. The van der Waals surface area contributed by atoms with E-state index in [1.54, 1.807) is 0 Å². The van der Waals surface area contributed by atoms with Crippen LogP contribution in [-0.2, 0) is 0 Å². The molecule has 0 bridgehead atoms. The van der Waals surface area contributed by atoms with Gasteiger partial charge in [0.1, 0.15) is 0 Å². The predicted octanol–water partition coefficient (Wildman–Crippen LogP) is 2.99. The minimum Gasteiger partial charge on any atom is -0.129 e. The zero-order valence-electron chi connectivity index (χ0n) is 6.09. The standard InChI is InChI=1S/C10H12/c1-2-4-6-8-10-9-7-5-3-1/h1-4,7,10H,5-6,8H2. The lowest BCUT2D eigenvalue weighted by molar-refractivity contribution is 1.05. The van der Waals surface area contributed by atoms with E-state index >= 15 is 0 Å². The monoisotopic (exact) mass is 132 g/mol. The molecular formula is C10H12. The molecule has 0 unspecified atom stereocenters. The lowest BCUT2D eigenvalue weighted by atomic mass is 10.2. The fraction of sp³-hybridized carbons (Fsp3) is 0.300. The summed E-state index contributed by atoms with van der Waals surface area (Å²) in [6.07, 6.45) is 15.9. The van der Waals surface area contributed by atoms with Gasteiger partial charge in [0.25, 0.3) is 0 Å². The molecule has 0 aromatic rings. The maximum atomic E-state index is 3.12. The third-order valence-corrected chi connectivity index (χ3v) is 1.35. The summed E-state index contributed by atoms with van der Waals surface area (Å²) in [6, 6.07) is 0. The number of rotatable bonds is 0. The summed E-state index contributed by atoms with van der Waals surface area (Å²) in [7, 11) is 0. The molecule has 0 saturated carbocycles. The molecule has 1 aliphatic carbocycles. The van der Waals surface area contributed by atoms with Crippen molar-refractivity contribution in [1.82, 2.24) is 0 Å². The maximum absolute atomic E-state index is 3.12. The molecule has 0 spiro atoms. The van der Waals surface area contributed by atoms with Gasteiger partial charge in [-0.2, -0.15) is 0 Å². The second kappa shape index (κ2) is 4.84. The predicted molar refractivity (Wildman–Crippen MR) is 44.8 cm³/mol. The summed E-state index contributed by atoms with van der Waals surface area (Å²) in [5, 5.41) is 0. The smallest absolute Gasteiger partial charge is 0.00899 e. The molecule has 0 amide bonds. The summed E-state index contributed by atoms with van der Waals surface area (Å²) >= 11 is 0. The van der Waals surface area contributed by atoms with Crippen LogP contribution >= 0.6 is 0 Å². The summed E-state index contributed by atoms with van der Waals surface area (Å²) in [4.78, 5) is 0. The van der Waals surface area contributed by atoms with E-state index in [2.05, 4.69) is 42.2 Å². The number of hydrogen-bond acceptors (Lipinski definition) is 0. The average molecular weight is 132 g/mol. The van der Waals surface area contributed by atoms with Crippen molar-refractivity contribution in [3.05, 3.63) is 42.2 Å². The zero-order valence-corrected chi connectivity index (χ0v) is 6.09. The first-order valence-corrected chi connectivity index (χ1v) is 3.71. The molecule has 0 fully saturated rings. The van der Waals surface area contributed by atoms with E-state index in [4.69, 9.17) is 0 Å². The quantitative estimate of drug-likeness (QED) is 0.444. The van der Waals surface area contributed by atoms with E-state index in [-0.39, 0.29) is 0 Å². The Labute approximate surface area is 62.3 Å². The summed E-state index contributed by atoms with van der Waals surface area (Å²) in [6.45, 7) is 0. The first-order chi connectivity index (χ1) is 5.00. The minimum absolute atomic E-state index is 1.00. The fourth-order valence-corrected chi connectivity index (χ4v) is 0.814. The molecule has 0 nitrogen and oxygen atoms in total. The van der Waals surface area contributed by atoms with Crippen LogP contribution in [0.25, 0.3) is 0 Å². The van der Waals surface area contributed by atoms with Crippen molar-refractivity contribution in [2.24, 2.45) is 0 Å². The molecule has 0 heteroatoms. The van der Waals surface area contributed by atoms with E-state index in [1.165, 1.54) is 0 Å². The molecule has 10 heavy (non-hydrogen) atoms. The minimum atomic E-state index is 1.00. The van der Waals surface area contributed by atoms with Gasteiger partial charge in [0, 0.05) is 0 Å². The molecule has 0 radical (unpaired) electrons. The highest BCUT2D eigenvalue weighted by atomic mass is 13.8. The molecule has 0 aromatic carbocycles. The molecule has 0 N–H and O–H groups in total. The second-order valence-electron chi connectivity index (χ2n) is 2.24. The van der Waals surface area contributed by atoms with Gasteiger partial charge in [-0.25, -0.2) is 0 Å². The van der Waals surface area contributed by atoms with Crippen LogP contribution in [0.5, 0.6) is 0 Å². The average Bonchev–Trinajstić information content (AvgIpc) is 2.01. The van der Waals surface area contributed by atoms with Crippen LogP contribution in [0.3, 0.4) is 0 Å². The largest absolute Gasteiger partial charge is 0.129 e. The third kappa shape index (κ3) is 3.11. The van der Waals surface area contributed by atoms with Crippen molar-refractivity contribution >= 4 is 0 Å². The Hall–Kier alpha value is -1.00. The Bertz CT molecular complexity index is 188. The van der Waals surface area contributed by atoms with Crippen molar-refractivity contribution in [3.8, 4) is 0 Å². The summed E-state index contributed by atoms with van der Waals surface area (Å²) < 4.78 is 0. The van der Waals surface area contributed by atoms with Crippen LogP contribution in [0, 0.1) is 0 Å². The maximum Gasteiger partial charge on any atom is -0.00899 e. The van der Waals surface area contributed by atoms with Crippen LogP contribution in [0.2, 0.25) is 0 Å². The number of hydrogen-bond donors (Lipinski definition) is 0. The molecule has 0 aliphatic heterocycles. The topological polar surface area (TPSA) is 0 Å². The van der Waals surface area contributed by atoms with Gasteiger partial charge < -0.3 is 0 Å². The molecule has 1 rings (SSSR count). The highest BCUT2D eigenvalue weighted by Gasteiger charge is 1.75. The van der Waals surface area contributed by atoms with Crippen molar-refractivity contribution in [1.29, 1.82) is 0 Å². The second-order valence-corrected chi connectivity index (χ2v) is 2.24. The first kappa shape index (κ1) is 7.11. The lowest BCUT2D eigenvalue weighted by Gasteiger charge is -1.84. The highest BCUT2D eigenvalue weighted by Crippen LogP contribution is 1.95. The lowest BCUT2D eigenvalue weighted by Crippen LogP contribution is -1.64. The Morgan fingerprint density at radius 1 is 0.900 bits per heavy atom. The normalized spacial score (nSPS) is 17.6. The van der Waals surface area contributed by atoms with Crippen molar-refractivity contribution in [2.75, 3.05) is 0 Å². The van der Waals surface area contributed by atoms with E-state index in [0.717, 1.165) is 19.3 Å². The third-order valence-electron chi connectivity index (χ3n) is 1.35. The Balaban J connectivity index is 2.51. The van der Waals surface area contributed by atoms with E-state index in [1.807, 2.05) is 0 Å². The molecule has 0 atom stereocenters. The van der Waals surface area contributed by atoms with Crippen LogP contribution in [0.15, 0.2) is 42.2 Å². The van der Waals surface area contributed by atoms with Crippen molar-refractivity contribution in [2.45, 2.75) is 19.3 Å².